The Morgan fingerprint density at radius 3 is 2.30 bits per heavy atom. The van der Waals surface area contributed by atoms with Crippen LogP contribution >= 0.6 is 0 Å². The van der Waals surface area contributed by atoms with E-state index in [-0.39, 0.29) is 0 Å². The second kappa shape index (κ2) is 7.10. The van der Waals surface area contributed by atoms with Crippen molar-refractivity contribution < 1.29 is 14.2 Å². The lowest BCUT2D eigenvalue weighted by Gasteiger charge is -2.39. The molecule has 4 heteroatoms. The topological polar surface area (TPSA) is 39.7 Å². The highest BCUT2D eigenvalue weighted by Gasteiger charge is 2.32. The molecule has 23 heavy (non-hydrogen) atoms. The van der Waals surface area contributed by atoms with Crippen LogP contribution in [0.2, 0.25) is 0 Å². The zero-order valence-electron chi connectivity index (χ0n) is 14.7. The summed E-state index contributed by atoms with van der Waals surface area (Å²) in [5.74, 6) is 2.83. The number of fused-ring (bicyclic) bond motifs is 1. The molecule has 1 fully saturated rings. The van der Waals surface area contributed by atoms with E-state index in [2.05, 4.69) is 45.1 Å². The number of hydrogen-bond acceptors (Lipinski definition) is 4. The number of ether oxygens (including phenoxy) is 3. The molecule has 0 unspecified atom stereocenters. The average molecular weight is 319 g/mol. The lowest BCUT2D eigenvalue weighted by atomic mass is 9.88. The van der Waals surface area contributed by atoms with Gasteiger partial charge in [0, 0.05) is 12.6 Å². The Balaban J connectivity index is 1.60. The third-order valence-corrected chi connectivity index (χ3v) is 4.90. The van der Waals surface area contributed by atoms with E-state index < -0.39 is 0 Å². The Morgan fingerprint density at radius 1 is 1.00 bits per heavy atom. The van der Waals surface area contributed by atoms with Crippen molar-refractivity contribution in [2.75, 3.05) is 6.79 Å². The predicted octanol–water partition coefficient (Wildman–Crippen LogP) is 3.73. The summed E-state index contributed by atoms with van der Waals surface area (Å²) in [6.45, 7) is 10.2. The summed E-state index contributed by atoms with van der Waals surface area (Å²) >= 11 is 0. The SMILES string of the molecule is CC(C)[C@@H]1CC(NCc2ccc3c(c2)OCO3)C[C@@H](C(C)C)O1. The van der Waals surface area contributed by atoms with Gasteiger partial charge in [-0.3, -0.25) is 0 Å². The summed E-state index contributed by atoms with van der Waals surface area (Å²) in [6.07, 6.45) is 2.88. The van der Waals surface area contributed by atoms with Gasteiger partial charge in [-0.1, -0.05) is 33.8 Å². The van der Waals surface area contributed by atoms with Crippen molar-refractivity contribution in [3.63, 3.8) is 0 Å². The number of benzene rings is 1. The molecule has 1 aromatic rings. The Bertz CT molecular complexity index is 513. The molecule has 4 nitrogen and oxygen atoms in total. The van der Waals surface area contributed by atoms with Crippen molar-refractivity contribution >= 4 is 0 Å². The van der Waals surface area contributed by atoms with Gasteiger partial charge >= 0.3 is 0 Å². The molecular formula is C19H29NO3. The van der Waals surface area contributed by atoms with Crippen LogP contribution in [0.4, 0.5) is 0 Å². The van der Waals surface area contributed by atoms with Crippen molar-refractivity contribution in [1.29, 1.82) is 0 Å². The minimum Gasteiger partial charge on any atom is -0.454 e. The molecule has 2 atom stereocenters. The molecule has 0 bridgehead atoms. The zero-order chi connectivity index (χ0) is 16.4. The van der Waals surface area contributed by atoms with E-state index in [1.807, 2.05) is 6.07 Å². The Kier molecular flexibility index (Phi) is 5.12. The van der Waals surface area contributed by atoms with Crippen LogP contribution in [0.1, 0.15) is 46.1 Å². The molecule has 1 saturated heterocycles. The number of nitrogens with one attached hydrogen (secondary N) is 1. The quantitative estimate of drug-likeness (QED) is 0.897. The zero-order valence-corrected chi connectivity index (χ0v) is 14.7. The normalized spacial score (nSPS) is 27.0. The molecule has 0 aromatic heterocycles. The first-order valence-corrected chi connectivity index (χ1v) is 8.80. The maximum absolute atomic E-state index is 6.28. The highest BCUT2D eigenvalue weighted by atomic mass is 16.7. The first-order chi connectivity index (χ1) is 11.0. The maximum atomic E-state index is 6.28. The fraction of sp³-hybridized carbons (Fsp3) is 0.684. The van der Waals surface area contributed by atoms with Crippen molar-refractivity contribution in [3.8, 4) is 11.5 Å². The van der Waals surface area contributed by atoms with Crippen LogP contribution < -0.4 is 14.8 Å². The largest absolute Gasteiger partial charge is 0.454 e. The molecular weight excluding hydrogens is 290 g/mol. The molecule has 0 radical (unpaired) electrons. The maximum Gasteiger partial charge on any atom is 0.231 e. The van der Waals surface area contributed by atoms with E-state index in [0.29, 0.717) is 36.9 Å². The molecule has 128 valence electrons. The third-order valence-electron chi connectivity index (χ3n) is 4.90. The highest BCUT2D eigenvalue weighted by molar-refractivity contribution is 5.44. The first-order valence-electron chi connectivity index (χ1n) is 8.80. The minimum atomic E-state index is 0.332. The molecule has 0 saturated carbocycles. The second-order valence-corrected chi connectivity index (χ2v) is 7.44. The van der Waals surface area contributed by atoms with Crippen LogP contribution in [0.15, 0.2) is 18.2 Å². The summed E-state index contributed by atoms with van der Waals surface area (Å²) < 4.78 is 17.1. The monoisotopic (exact) mass is 319 g/mol. The molecule has 2 aliphatic rings. The number of hydrogen-bond donors (Lipinski definition) is 1. The van der Waals surface area contributed by atoms with Crippen LogP contribution in [-0.2, 0) is 11.3 Å². The highest BCUT2D eigenvalue weighted by Crippen LogP contribution is 2.33. The minimum absolute atomic E-state index is 0.332. The van der Waals surface area contributed by atoms with Gasteiger partial charge in [0.25, 0.3) is 0 Å². The molecule has 3 rings (SSSR count). The third kappa shape index (κ3) is 3.99. The van der Waals surface area contributed by atoms with Crippen LogP contribution in [0.25, 0.3) is 0 Å². The Morgan fingerprint density at radius 2 is 1.65 bits per heavy atom. The molecule has 2 aliphatic heterocycles. The smallest absolute Gasteiger partial charge is 0.231 e. The van der Waals surface area contributed by atoms with Gasteiger partial charge in [0.1, 0.15) is 0 Å². The van der Waals surface area contributed by atoms with Crippen molar-refractivity contribution in [2.24, 2.45) is 11.8 Å². The van der Waals surface area contributed by atoms with E-state index in [1.165, 1.54) is 5.56 Å². The fourth-order valence-electron chi connectivity index (χ4n) is 3.33. The second-order valence-electron chi connectivity index (χ2n) is 7.44. The molecule has 0 spiro atoms. The molecule has 1 N–H and O–H groups in total. The molecule has 0 aliphatic carbocycles. The van der Waals surface area contributed by atoms with Gasteiger partial charge < -0.3 is 19.5 Å². The summed E-state index contributed by atoms with van der Waals surface area (Å²) in [4.78, 5) is 0. The van der Waals surface area contributed by atoms with E-state index in [0.717, 1.165) is 30.9 Å². The van der Waals surface area contributed by atoms with E-state index in [1.54, 1.807) is 0 Å². The van der Waals surface area contributed by atoms with Gasteiger partial charge in [-0.15, -0.1) is 0 Å². The van der Waals surface area contributed by atoms with Gasteiger partial charge in [-0.2, -0.15) is 0 Å². The van der Waals surface area contributed by atoms with Gasteiger partial charge in [0.2, 0.25) is 6.79 Å². The van der Waals surface area contributed by atoms with Gasteiger partial charge in [-0.25, -0.2) is 0 Å². The van der Waals surface area contributed by atoms with Gasteiger partial charge in [0.15, 0.2) is 11.5 Å². The van der Waals surface area contributed by atoms with E-state index >= 15 is 0 Å². The van der Waals surface area contributed by atoms with Crippen LogP contribution in [-0.4, -0.2) is 25.0 Å². The van der Waals surface area contributed by atoms with Crippen molar-refractivity contribution in [1.82, 2.24) is 5.32 Å². The fourth-order valence-corrected chi connectivity index (χ4v) is 3.33. The van der Waals surface area contributed by atoms with Gasteiger partial charge in [-0.05, 0) is 42.4 Å². The first kappa shape index (κ1) is 16.6. The summed E-state index contributed by atoms with van der Waals surface area (Å²) in [7, 11) is 0. The summed E-state index contributed by atoms with van der Waals surface area (Å²) in [6, 6.07) is 6.69. The predicted molar refractivity (Wildman–Crippen MR) is 90.8 cm³/mol. The standard InChI is InChI=1S/C19H29NO3/c1-12(2)17-8-15(9-18(23-17)13(3)4)20-10-14-5-6-16-19(7-14)22-11-21-16/h5-7,12-13,15,17-18,20H,8-11H2,1-4H3/t17-,18-/m0/s1. The van der Waals surface area contributed by atoms with Gasteiger partial charge in [0.05, 0.1) is 12.2 Å². The summed E-state index contributed by atoms with van der Waals surface area (Å²) in [5.41, 5.74) is 1.24. The van der Waals surface area contributed by atoms with E-state index in [4.69, 9.17) is 14.2 Å². The molecule has 1 aromatic carbocycles. The lowest BCUT2D eigenvalue weighted by molar-refractivity contribution is -0.0995. The molecule has 2 heterocycles. The van der Waals surface area contributed by atoms with Crippen molar-refractivity contribution in [2.45, 2.75) is 65.3 Å². The van der Waals surface area contributed by atoms with Crippen LogP contribution in [0, 0.1) is 11.8 Å². The molecule has 0 amide bonds. The average Bonchev–Trinajstić information content (AvgIpc) is 3.00. The van der Waals surface area contributed by atoms with Crippen LogP contribution in [0.5, 0.6) is 11.5 Å². The van der Waals surface area contributed by atoms with E-state index in [9.17, 15) is 0 Å². The van der Waals surface area contributed by atoms with Crippen molar-refractivity contribution in [3.05, 3.63) is 23.8 Å². The Hall–Kier alpha value is -1.26. The Labute approximate surface area is 139 Å². The lowest BCUT2D eigenvalue weighted by Crippen LogP contribution is -2.46. The number of rotatable bonds is 5. The van der Waals surface area contributed by atoms with Crippen LogP contribution in [0.3, 0.4) is 0 Å². The summed E-state index contributed by atoms with van der Waals surface area (Å²) in [5, 5.41) is 3.72.